The molecule has 0 aromatic heterocycles. The van der Waals surface area contributed by atoms with Gasteiger partial charge in [-0.1, -0.05) is 28.1 Å². The van der Waals surface area contributed by atoms with E-state index in [2.05, 4.69) is 28.1 Å². The second-order valence-electron chi connectivity index (χ2n) is 4.25. The fraction of sp³-hybridized carbons (Fsp3) is 0.538. The molecule has 0 aliphatic carbocycles. The highest BCUT2D eigenvalue weighted by molar-refractivity contribution is 9.10. The lowest BCUT2D eigenvalue weighted by molar-refractivity contribution is -0.0392. The van der Waals surface area contributed by atoms with Crippen LogP contribution in [0.3, 0.4) is 0 Å². The molecule has 1 fully saturated rings. The van der Waals surface area contributed by atoms with Crippen molar-refractivity contribution in [3.63, 3.8) is 0 Å². The van der Waals surface area contributed by atoms with Crippen molar-refractivity contribution in [2.75, 3.05) is 13.2 Å². The molecule has 1 saturated heterocycles. The Labute approximate surface area is 110 Å². The Hall–Kier alpha value is -0.420. The SMILES string of the molecule is NCc1ccc(COC2CCOCC2)c(Br)c1. The second-order valence-corrected chi connectivity index (χ2v) is 5.11. The molecule has 4 heteroatoms. The van der Waals surface area contributed by atoms with Crippen molar-refractivity contribution in [3.05, 3.63) is 33.8 Å². The lowest BCUT2D eigenvalue weighted by Gasteiger charge is -2.22. The zero-order valence-corrected chi connectivity index (χ0v) is 11.4. The smallest absolute Gasteiger partial charge is 0.0731 e. The molecule has 17 heavy (non-hydrogen) atoms. The van der Waals surface area contributed by atoms with Crippen molar-refractivity contribution in [1.29, 1.82) is 0 Å². The predicted octanol–water partition coefficient (Wildman–Crippen LogP) is 2.60. The highest BCUT2D eigenvalue weighted by Gasteiger charge is 2.14. The van der Waals surface area contributed by atoms with Gasteiger partial charge in [-0.15, -0.1) is 0 Å². The maximum absolute atomic E-state index is 5.88. The first-order valence-electron chi connectivity index (χ1n) is 5.96. The Balaban J connectivity index is 1.89. The number of hydrogen-bond donors (Lipinski definition) is 1. The lowest BCUT2D eigenvalue weighted by atomic mass is 10.1. The zero-order chi connectivity index (χ0) is 12.1. The van der Waals surface area contributed by atoms with E-state index in [-0.39, 0.29) is 0 Å². The maximum Gasteiger partial charge on any atom is 0.0731 e. The molecule has 1 aliphatic rings. The van der Waals surface area contributed by atoms with Gasteiger partial charge in [0.2, 0.25) is 0 Å². The maximum atomic E-state index is 5.88. The van der Waals surface area contributed by atoms with Crippen LogP contribution in [-0.4, -0.2) is 19.3 Å². The van der Waals surface area contributed by atoms with E-state index < -0.39 is 0 Å². The molecular formula is C13H18BrNO2. The molecule has 0 radical (unpaired) electrons. The molecule has 0 spiro atoms. The minimum atomic E-state index is 0.338. The van der Waals surface area contributed by atoms with Gasteiger partial charge < -0.3 is 15.2 Å². The molecule has 1 aromatic rings. The summed E-state index contributed by atoms with van der Waals surface area (Å²) in [6.07, 6.45) is 2.33. The normalized spacial score (nSPS) is 17.3. The third-order valence-corrected chi connectivity index (χ3v) is 3.73. The minimum absolute atomic E-state index is 0.338. The van der Waals surface area contributed by atoms with Crippen LogP contribution in [-0.2, 0) is 22.6 Å². The van der Waals surface area contributed by atoms with E-state index in [1.807, 2.05) is 6.07 Å². The molecule has 0 unspecified atom stereocenters. The van der Waals surface area contributed by atoms with Crippen LogP contribution in [0.25, 0.3) is 0 Å². The summed E-state index contributed by atoms with van der Waals surface area (Å²) in [6.45, 7) is 2.85. The van der Waals surface area contributed by atoms with E-state index in [1.165, 1.54) is 5.56 Å². The van der Waals surface area contributed by atoms with E-state index in [0.29, 0.717) is 19.3 Å². The summed E-state index contributed by atoms with van der Waals surface area (Å²) in [5.41, 5.74) is 7.90. The standard InChI is InChI=1S/C13H18BrNO2/c14-13-7-10(8-15)1-2-11(13)9-17-12-3-5-16-6-4-12/h1-2,7,12H,3-6,8-9,15H2. The first-order valence-corrected chi connectivity index (χ1v) is 6.75. The third kappa shape index (κ3) is 3.78. The number of benzene rings is 1. The molecule has 2 N–H and O–H groups in total. The van der Waals surface area contributed by atoms with E-state index >= 15 is 0 Å². The van der Waals surface area contributed by atoms with Crippen LogP contribution in [0, 0.1) is 0 Å². The van der Waals surface area contributed by atoms with Gasteiger partial charge in [-0.2, -0.15) is 0 Å². The number of nitrogens with two attached hydrogens (primary N) is 1. The Morgan fingerprint density at radius 3 is 2.76 bits per heavy atom. The predicted molar refractivity (Wildman–Crippen MR) is 70.7 cm³/mol. The van der Waals surface area contributed by atoms with Crippen molar-refractivity contribution < 1.29 is 9.47 Å². The van der Waals surface area contributed by atoms with Crippen LogP contribution in [0.2, 0.25) is 0 Å². The Morgan fingerprint density at radius 2 is 2.12 bits per heavy atom. The monoisotopic (exact) mass is 299 g/mol. The van der Waals surface area contributed by atoms with Gasteiger partial charge in [-0.3, -0.25) is 0 Å². The molecule has 0 amide bonds. The summed E-state index contributed by atoms with van der Waals surface area (Å²) in [5.74, 6) is 0. The minimum Gasteiger partial charge on any atom is -0.381 e. The first-order chi connectivity index (χ1) is 8.29. The van der Waals surface area contributed by atoms with Gasteiger partial charge in [0, 0.05) is 24.2 Å². The molecule has 0 bridgehead atoms. The molecule has 1 heterocycles. The van der Waals surface area contributed by atoms with Crippen LogP contribution in [0.15, 0.2) is 22.7 Å². The van der Waals surface area contributed by atoms with Crippen molar-refractivity contribution in [2.45, 2.75) is 32.1 Å². The van der Waals surface area contributed by atoms with Crippen molar-refractivity contribution >= 4 is 15.9 Å². The molecular weight excluding hydrogens is 282 g/mol. The lowest BCUT2D eigenvalue weighted by Crippen LogP contribution is -2.23. The Morgan fingerprint density at radius 1 is 1.35 bits per heavy atom. The molecule has 1 aromatic carbocycles. The summed E-state index contributed by atoms with van der Waals surface area (Å²) in [5, 5.41) is 0. The fourth-order valence-corrected chi connectivity index (χ4v) is 2.43. The molecule has 94 valence electrons. The molecule has 3 nitrogen and oxygen atoms in total. The first kappa shape index (κ1) is 13.0. The van der Waals surface area contributed by atoms with Crippen molar-refractivity contribution in [1.82, 2.24) is 0 Å². The van der Waals surface area contributed by atoms with Crippen molar-refractivity contribution in [3.8, 4) is 0 Å². The van der Waals surface area contributed by atoms with Gasteiger partial charge in [0.1, 0.15) is 0 Å². The summed E-state index contributed by atoms with van der Waals surface area (Å²) in [6, 6.07) is 6.18. The number of ether oxygens (including phenoxy) is 2. The van der Waals surface area contributed by atoms with E-state index in [4.69, 9.17) is 15.2 Å². The quantitative estimate of drug-likeness (QED) is 0.929. The fourth-order valence-electron chi connectivity index (χ4n) is 1.89. The summed E-state index contributed by atoms with van der Waals surface area (Å²) in [4.78, 5) is 0. The number of halogens is 1. The van der Waals surface area contributed by atoms with Crippen molar-refractivity contribution in [2.24, 2.45) is 5.73 Å². The molecule has 0 saturated carbocycles. The van der Waals surface area contributed by atoms with E-state index in [1.54, 1.807) is 0 Å². The van der Waals surface area contributed by atoms with Crippen LogP contribution in [0.1, 0.15) is 24.0 Å². The Bertz CT molecular complexity index is 364. The summed E-state index contributed by atoms with van der Waals surface area (Å²) >= 11 is 3.55. The highest BCUT2D eigenvalue weighted by Crippen LogP contribution is 2.21. The van der Waals surface area contributed by atoms with Gasteiger partial charge in [-0.25, -0.2) is 0 Å². The zero-order valence-electron chi connectivity index (χ0n) is 9.82. The average molecular weight is 300 g/mol. The number of hydrogen-bond acceptors (Lipinski definition) is 3. The van der Waals surface area contributed by atoms with Crippen LogP contribution in [0.4, 0.5) is 0 Å². The molecule has 0 atom stereocenters. The van der Waals surface area contributed by atoms with Gasteiger partial charge in [0.05, 0.1) is 12.7 Å². The third-order valence-electron chi connectivity index (χ3n) is 3.00. The van der Waals surface area contributed by atoms with Crippen LogP contribution < -0.4 is 5.73 Å². The Kier molecular flexibility index (Phi) is 4.98. The average Bonchev–Trinajstić information content (AvgIpc) is 2.38. The summed E-state index contributed by atoms with van der Waals surface area (Å²) in [7, 11) is 0. The topological polar surface area (TPSA) is 44.5 Å². The molecule has 2 rings (SSSR count). The van der Waals surface area contributed by atoms with Gasteiger partial charge in [-0.05, 0) is 30.0 Å². The van der Waals surface area contributed by atoms with Gasteiger partial charge >= 0.3 is 0 Å². The van der Waals surface area contributed by atoms with Crippen LogP contribution in [0.5, 0.6) is 0 Å². The van der Waals surface area contributed by atoms with Gasteiger partial charge in [0.25, 0.3) is 0 Å². The van der Waals surface area contributed by atoms with E-state index in [0.717, 1.165) is 36.1 Å². The second kappa shape index (κ2) is 6.50. The van der Waals surface area contributed by atoms with E-state index in [9.17, 15) is 0 Å². The number of rotatable bonds is 4. The highest BCUT2D eigenvalue weighted by atomic mass is 79.9. The van der Waals surface area contributed by atoms with Crippen LogP contribution >= 0.6 is 15.9 Å². The largest absolute Gasteiger partial charge is 0.381 e. The van der Waals surface area contributed by atoms with Gasteiger partial charge in [0.15, 0.2) is 0 Å². The summed E-state index contributed by atoms with van der Waals surface area (Å²) < 4.78 is 12.3. The molecule has 1 aliphatic heterocycles.